The van der Waals surface area contributed by atoms with Crippen LogP contribution in [0.5, 0.6) is 0 Å². The molecule has 1 saturated heterocycles. The maximum atomic E-state index is 5.96. The third-order valence-corrected chi connectivity index (χ3v) is 7.03. The highest BCUT2D eigenvalue weighted by Crippen LogP contribution is 2.52. The number of benzene rings is 1. The van der Waals surface area contributed by atoms with Gasteiger partial charge in [-0.25, -0.2) is 0 Å². The van der Waals surface area contributed by atoms with Gasteiger partial charge in [-0.05, 0) is 55.2 Å². The summed E-state index contributed by atoms with van der Waals surface area (Å²) in [5, 5.41) is 5.14. The van der Waals surface area contributed by atoms with Crippen LogP contribution in [0.15, 0.2) is 28.8 Å². The van der Waals surface area contributed by atoms with Gasteiger partial charge < -0.3 is 9.42 Å². The highest BCUT2D eigenvalue weighted by molar-refractivity contribution is 6.30. The van der Waals surface area contributed by atoms with Crippen molar-refractivity contribution < 1.29 is 4.52 Å². The summed E-state index contributed by atoms with van der Waals surface area (Å²) < 4.78 is 5.63. The number of piperazine rings is 1. The van der Waals surface area contributed by atoms with Crippen LogP contribution in [0.1, 0.15) is 43.0 Å². The maximum Gasteiger partial charge on any atom is 0.324 e. The fourth-order valence-electron chi connectivity index (χ4n) is 5.17. The van der Waals surface area contributed by atoms with E-state index in [0.717, 1.165) is 67.8 Å². The summed E-state index contributed by atoms with van der Waals surface area (Å²) in [6.45, 7) is 5.08. The van der Waals surface area contributed by atoms with Crippen molar-refractivity contribution in [1.29, 1.82) is 0 Å². The molecule has 3 aliphatic rings. The van der Waals surface area contributed by atoms with Crippen molar-refractivity contribution in [2.75, 3.05) is 37.6 Å². The van der Waals surface area contributed by atoms with Gasteiger partial charge in [-0.1, -0.05) is 35.3 Å². The second kappa shape index (κ2) is 7.44. The molecule has 2 aliphatic carbocycles. The smallest absolute Gasteiger partial charge is 0.322 e. The van der Waals surface area contributed by atoms with Crippen LogP contribution in [0.3, 0.4) is 0 Å². The van der Waals surface area contributed by atoms with Gasteiger partial charge in [-0.15, -0.1) is 0 Å². The van der Waals surface area contributed by atoms with Gasteiger partial charge in [-0.3, -0.25) is 4.90 Å². The van der Waals surface area contributed by atoms with Gasteiger partial charge >= 0.3 is 6.01 Å². The molecule has 2 heterocycles. The molecule has 5 nitrogen and oxygen atoms in total. The quantitative estimate of drug-likeness (QED) is 0.777. The summed E-state index contributed by atoms with van der Waals surface area (Å²) in [6, 6.07) is 8.91. The minimum atomic E-state index is 0.543. The highest BCUT2D eigenvalue weighted by atomic mass is 35.5. The molecule has 6 heteroatoms. The number of aromatic nitrogens is 2. The zero-order chi connectivity index (χ0) is 18.2. The Labute approximate surface area is 165 Å². The van der Waals surface area contributed by atoms with Gasteiger partial charge in [0, 0.05) is 43.7 Å². The molecule has 2 bridgehead atoms. The van der Waals surface area contributed by atoms with E-state index in [2.05, 4.69) is 27.1 Å². The van der Waals surface area contributed by atoms with E-state index in [1.807, 2.05) is 12.1 Å². The third-order valence-electron chi connectivity index (χ3n) is 6.77. The zero-order valence-electron chi connectivity index (χ0n) is 15.7. The number of anilines is 1. The average molecular weight is 387 g/mol. The molecule has 3 fully saturated rings. The van der Waals surface area contributed by atoms with Crippen molar-refractivity contribution in [2.45, 2.75) is 38.0 Å². The van der Waals surface area contributed by atoms with Crippen molar-refractivity contribution in [1.82, 2.24) is 15.0 Å². The summed E-state index contributed by atoms with van der Waals surface area (Å²) in [4.78, 5) is 9.54. The van der Waals surface area contributed by atoms with E-state index in [4.69, 9.17) is 21.1 Å². The van der Waals surface area contributed by atoms with Gasteiger partial charge in [-0.2, -0.15) is 4.98 Å². The molecular weight excluding hydrogens is 360 g/mol. The first-order valence-corrected chi connectivity index (χ1v) is 10.7. The molecule has 2 saturated carbocycles. The van der Waals surface area contributed by atoms with Crippen molar-refractivity contribution >= 4 is 17.6 Å². The Balaban J connectivity index is 1.12. The number of hydrogen-bond donors (Lipinski definition) is 0. The fraction of sp³-hybridized carbons (Fsp3) is 0.619. The summed E-state index contributed by atoms with van der Waals surface area (Å²) >= 11 is 5.96. The Morgan fingerprint density at radius 2 is 1.85 bits per heavy atom. The molecule has 1 aromatic heterocycles. The first-order valence-electron chi connectivity index (χ1n) is 10.3. The largest absolute Gasteiger partial charge is 0.324 e. The lowest BCUT2D eigenvalue weighted by Gasteiger charge is -2.33. The number of halogens is 1. The van der Waals surface area contributed by atoms with E-state index in [9.17, 15) is 0 Å². The second-order valence-electron chi connectivity index (χ2n) is 8.42. The lowest BCUT2D eigenvalue weighted by molar-refractivity contribution is 0.253. The van der Waals surface area contributed by atoms with Crippen molar-refractivity contribution in [2.24, 2.45) is 11.8 Å². The normalized spacial score (nSPS) is 28.2. The van der Waals surface area contributed by atoms with E-state index in [1.54, 1.807) is 0 Å². The zero-order valence-corrected chi connectivity index (χ0v) is 16.4. The third kappa shape index (κ3) is 3.72. The molecule has 144 valence electrons. The minimum Gasteiger partial charge on any atom is -0.322 e. The lowest BCUT2D eigenvalue weighted by Crippen LogP contribution is -2.47. The maximum absolute atomic E-state index is 5.96. The second-order valence-corrected chi connectivity index (χ2v) is 8.86. The van der Waals surface area contributed by atoms with Crippen LogP contribution in [-0.4, -0.2) is 47.8 Å². The Bertz CT molecular complexity index is 769. The van der Waals surface area contributed by atoms with Crippen LogP contribution in [0.4, 0.5) is 6.01 Å². The Morgan fingerprint density at radius 3 is 2.56 bits per heavy atom. The molecular formula is C21H27ClN4O. The molecule has 1 aliphatic heterocycles. The average Bonchev–Trinajstić information content (AvgIpc) is 3.44. The van der Waals surface area contributed by atoms with Crippen LogP contribution >= 0.6 is 11.6 Å². The van der Waals surface area contributed by atoms with E-state index in [1.165, 1.54) is 31.2 Å². The van der Waals surface area contributed by atoms with Crippen LogP contribution in [-0.2, 0) is 6.42 Å². The fourth-order valence-corrected chi connectivity index (χ4v) is 5.29. The first-order chi connectivity index (χ1) is 13.2. The van der Waals surface area contributed by atoms with Crippen LogP contribution in [0.2, 0.25) is 5.02 Å². The summed E-state index contributed by atoms with van der Waals surface area (Å²) in [5.41, 5.74) is 1.34. The van der Waals surface area contributed by atoms with E-state index in [-0.39, 0.29) is 0 Å². The minimum absolute atomic E-state index is 0.543. The molecule has 0 radical (unpaired) electrons. The SMILES string of the molecule is Clc1ccc(CCN2CCN(c3nc(C4C[C@@H]5CC[C@H]4C5)no3)CC2)cc1. The Kier molecular flexibility index (Phi) is 4.82. The lowest BCUT2D eigenvalue weighted by atomic mass is 9.88. The Morgan fingerprint density at radius 1 is 1.04 bits per heavy atom. The Hall–Kier alpha value is -1.59. The summed E-state index contributed by atoms with van der Waals surface area (Å²) in [5.74, 6) is 3.21. The van der Waals surface area contributed by atoms with Gasteiger partial charge in [0.15, 0.2) is 5.82 Å². The van der Waals surface area contributed by atoms with Gasteiger partial charge in [0.1, 0.15) is 0 Å². The van der Waals surface area contributed by atoms with Crippen LogP contribution < -0.4 is 4.90 Å². The first kappa shape index (κ1) is 17.5. The number of hydrogen-bond acceptors (Lipinski definition) is 5. The van der Waals surface area contributed by atoms with Gasteiger partial charge in [0.05, 0.1) is 0 Å². The molecule has 5 rings (SSSR count). The summed E-state index contributed by atoms with van der Waals surface area (Å²) in [6.07, 6.45) is 6.46. The number of rotatable bonds is 5. The van der Waals surface area contributed by atoms with E-state index in [0.29, 0.717) is 5.92 Å². The molecule has 2 aromatic rings. The van der Waals surface area contributed by atoms with Gasteiger partial charge in [0.2, 0.25) is 0 Å². The molecule has 1 unspecified atom stereocenters. The topological polar surface area (TPSA) is 45.4 Å². The predicted molar refractivity (Wildman–Crippen MR) is 106 cm³/mol. The number of fused-ring (bicyclic) bond motifs is 2. The van der Waals surface area contributed by atoms with Crippen molar-refractivity contribution in [3.05, 3.63) is 40.7 Å². The van der Waals surface area contributed by atoms with E-state index >= 15 is 0 Å². The van der Waals surface area contributed by atoms with Crippen molar-refractivity contribution in [3.8, 4) is 0 Å². The van der Waals surface area contributed by atoms with Crippen LogP contribution in [0.25, 0.3) is 0 Å². The standard InChI is InChI=1S/C21H27ClN4O/c22-18-5-2-15(3-6-18)7-8-25-9-11-26(12-10-25)21-23-20(24-27-21)19-14-16-1-4-17(19)13-16/h2-3,5-6,16-17,19H,1,4,7-14H2/t16-,17+,19?/m1/s1. The molecule has 0 amide bonds. The highest BCUT2D eigenvalue weighted by Gasteiger charge is 2.42. The van der Waals surface area contributed by atoms with Gasteiger partial charge in [0.25, 0.3) is 0 Å². The molecule has 0 spiro atoms. The van der Waals surface area contributed by atoms with Crippen molar-refractivity contribution in [3.63, 3.8) is 0 Å². The number of nitrogens with zero attached hydrogens (tertiary/aromatic N) is 4. The predicted octanol–water partition coefficient (Wildman–Crippen LogP) is 3.99. The molecule has 0 N–H and O–H groups in total. The molecule has 1 aromatic carbocycles. The van der Waals surface area contributed by atoms with E-state index < -0.39 is 0 Å². The monoisotopic (exact) mass is 386 g/mol. The summed E-state index contributed by atoms with van der Waals surface area (Å²) in [7, 11) is 0. The molecule has 3 atom stereocenters. The van der Waals surface area contributed by atoms with Crippen LogP contribution in [0, 0.1) is 11.8 Å². The molecule has 27 heavy (non-hydrogen) atoms.